The van der Waals surface area contributed by atoms with E-state index < -0.39 is 9.84 Å². The van der Waals surface area contributed by atoms with Crippen molar-refractivity contribution in [3.05, 3.63) is 28.5 Å². The quantitative estimate of drug-likeness (QED) is 0.909. The molecule has 0 spiro atoms. The summed E-state index contributed by atoms with van der Waals surface area (Å²) in [5.74, 6) is -0.315. The fourth-order valence-electron chi connectivity index (χ4n) is 2.49. The third-order valence-electron chi connectivity index (χ3n) is 3.52. The predicted octanol–water partition coefficient (Wildman–Crippen LogP) is 3.36. The van der Waals surface area contributed by atoms with E-state index in [-0.39, 0.29) is 17.1 Å². The molecule has 1 aromatic rings. The third-order valence-corrected chi connectivity index (χ3v) is 5.65. The minimum atomic E-state index is -3.01. The molecule has 1 aromatic carbocycles. The van der Waals surface area contributed by atoms with E-state index in [1.807, 2.05) is 0 Å². The lowest BCUT2D eigenvalue weighted by molar-refractivity contribution is 0.451. The molecule has 2 rings (SSSR count). The maximum Gasteiger partial charge on any atom is 0.150 e. The van der Waals surface area contributed by atoms with Gasteiger partial charge in [0.25, 0.3) is 0 Å². The first-order valence-electron chi connectivity index (χ1n) is 6.26. The molecular weight excluding hydrogens is 333 g/mol. The Balaban J connectivity index is 2.09. The molecule has 19 heavy (non-hydrogen) atoms. The molecule has 3 nitrogen and oxygen atoms in total. The molecule has 2 unspecified atom stereocenters. The minimum absolute atomic E-state index is 0.0114. The fourth-order valence-corrected chi connectivity index (χ4v) is 4.03. The van der Waals surface area contributed by atoms with Crippen LogP contribution in [0.3, 0.4) is 0 Å². The Kier molecular flexibility index (Phi) is 4.50. The second-order valence-electron chi connectivity index (χ2n) is 5.08. The molecule has 0 heterocycles. The van der Waals surface area contributed by atoms with Gasteiger partial charge in [-0.1, -0.05) is 22.4 Å². The van der Waals surface area contributed by atoms with Crippen molar-refractivity contribution in [3.63, 3.8) is 0 Å². The Morgan fingerprint density at radius 2 is 2.11 bits per heavy atom. The summed E-state index contributed by atoms with van der Waals surface area (Å²) in [4.78, 5) is 0. The number of rotatable bonds is 3. The van der Waals surface area contributed by atoms with Gasteiger partial charge in [-0.25, -0.2) is 12.8 Å². The van der Waals surface area contributed by atoms with Gasteiger partial charge in [-0.2, -0.15) is 0 Å². The van der Waals surface area contributed by atoms with E-state index in [0.29, 0.717) is 18.5 Å². The number of sulfone groups is 1. The topological polar surface area (TPSA) is 46.2 Å². The van der Waals surface area contributed by atoms with Gasteiger partial charge < -0.3 is 5.32 Å². The maximum atomic E-state index is 13.7. The highest BCUT2D eigenvalue weighted by molar-refractivity contribution is 9.10. The van der Waals surface area contributed by atoms with Crippen LogP contribution < -0.4 is 5.32 Å². The molecule has 1 aliphatic rings. The van der Waals surface area contributed by atoms with E-state index in [1.54, 1.807) is 12.1 Å². The summed E-state index contributed by atoms with van der Waals surface area (Å²) in [6.07, 6.45) is 4.26. The molecule has 1 fully saturated rings. The third kappa shape index (κ3) is 3.92. The number of hydrogen-bond acceptors (Lipinski definition) is 3. The van der Waals surface area contributed by atoms with Gasteiger partial charge in [-0.15, -0.1) is 0 Å². The molecule has 0 saturated heterocycles. The van der Waals surface area contributed by atoms with Crippen molar-refractivity contribution in [1.82, 2.24) is 0 Å². The molecule has 2 atom stereocenters. The van der Waals surface area contributed by atoms with Crippen LogP contribution >= 0.6 is 15.9 Å². The number of halogens is 2. The Morgan fingerprint density at radius 3 is 2.79 bits per heavy atom. The van der Waals surface area contributed by atoms with Crippen molar-refractivity contribution in [2.24, 2.45) is 0 Å². The number of nitrogens with one attached hydrogen (secondary N) is 1. The fraction of sp³-hybridized carbons (Fsp3) is 0.538. The van der Waals surface area contributed by atoms with Crippen LogP contribution in [-0.4, -0.2) is 26.0 Å². The van der Waals surface area contributed by atoms with Crippen LogP contribution in [0, 0.1) is 5.82 Å². The number of hydrogen-bond donors (Lipinski definition) is 1. The minimum Gasteiger partial charge on any atom is -0.380 e. The Hall–Kier alpha value is -0.620. The SMILES string of the molecule is CS(=O)(=O)C1CCCC(Nc2cc(Br)ccc2F)C1. The van der Waals surface area contributed by atoms with Crippen molar-refractivity contribution in [2.45, 2.75) is 37.0 Å². The average molecular weight is 350 g/mol. The summed E-state index contributed by atoms with van der Waals surface area (Å²) in [5.41, 5.74) is 0.425. The van der Waals surface area contributed by atoms with Crippen molar-refractivity contribution < 1.29 is 12.8 Å². The van der Waals surface area contributed by atoms with Crippen LogP contribution in [-0.2, 0) is 9.84 Å². The molecular formula is C13H17BrFNO2S. The van der Waals surface area contributed by atoms with Gasteiger partial charge >= 0.3 is 0 Å². The van der Waals surface area contributed by atoms with Gasteiger partial charge in [0, 0.05) is 16.8 Å². The second-order valence-corrected chi connectivity index (χ2v) is 8.32. The van der Waals surface area contributed by atoms with Gasteiger partial charge in [-0.3, -0.25) is 0 Å². The highest BCUT2D eigenvalue weighted by Gasteiger charge is 2.29. The monoisotopic (exact) mass is 349 g/mol. The van der Waals surface area contributed by atoms with Crippen LogP contribution in [0.15, 0.2) is 22.7 Å². The van der Waals surface area contributed by atoms with Crippen molar-refractivity contribution in [2.75, 3.05) is 11.6 Å². The zero-order valence-corrected chi connectivity index (χ0v) is 13.1. The summed E-state index contributed by atoms with van der Waals surface area (Å²) in [6, 6.07) is 4.72. The molecule has 0 radical (unpaired) electrons. The Bertz CT molecular complexity index is 562. The van der Waals surface area contributed by atoms with Crippen LogP contribution in [0.1, 0.15) is 25.7 Å². The van der Waals surface area contributed by atoms with E-state index in [0.717, 1.165) is 17.3 Å². The van der Waals surface area contributed by atoms with Crippen LogP contribution in [0.4, 0.5) is 10.1 Å². The molecule has 0 bridgehead atoms. The van der Waals surface area contributed by atoms with Crippen LogP contribution in [0.25, 0.3) is 0 Å². The number of benzene rings is 1. The summed E-state index contributed by atoms with van der Waals surface area (Å²) >= 11 is 3.30. The van der Waals surface area contributed by atoms with Crippen LogP contribution in [0.5, 0.6) is 0 Å². The second kappa shape index (κ2) is 5.79. The standard InChI is InChI=1S/C13H17BrFNO2S/c1-19(17,18)11-4-2-3-10(8-11)16-13-7-9(14)5-6-12(13)15/h5-7,10-11,16H,2-4,8H2,1H3. The lowest BCUT2D eigenvalue weighted by atomic mass is 9.94. The maximum absolute atomic E-state index is 13.7. The lowest BCUT2D eigenvalue weighted by Crippen LogP contribution is -2.34. The smallest absolute Gasteiger partial charge is 0.150 e. The highest BCUT2D eigenvalue weighted by atomic mass is 79.9. The molecule has 0 amide bonds. The van der Waals surface area contributed by atoms with Gasteiger partial charge in [0.15, 0.2) is 0 Å². The van der Waals surface area contributed by atoms with E-state index in [9.17, 15) is 12.8 Å². The van der Waals surface area contributed by atoms with E-state index in [2.05, 4.69) is 21.2 Å². The first-order chi connectivity index (χ1) is 8.86. The lowest BCUT2D eigenvalue weighted by Gasteiger charge is -2.29. The van der Waals surface area contributed by atoms with E-state index in [1.165, 1.54) is 12.3 Å². The van der Waals surface area contributed by atoms with Crippen molar-refractivity contribution >= 4 is 31.5 Å². The van der Waals surface area contributed by atoms with Gasteiger partial charge in [0.1, 0.15) is 15.7 Å². The molecule has 1 aliphatic carbocycles. The summed E-state index contributed by atoms with van der Waals surface area (Å²) in [6.45, 7) is 0. The largest absolute Gasteiger partial charge is 0.380 e. The van der Waals surface area contributed by atoms with Gasteiger partial charge in [-0.05, 0) is 37.5 Å². The first kappa shape index (κ1) is 14.8. The molecule has 0 aliphatic heterocycles. The highest BCUT2D eigenvalue weighted by Crippen LogP contribution is 2.28. The molecule has 1 N–H and O–H groups in total. The predicted molar refractivity (Wildman–Crippen MR) is 78.6 cm³/mol. The summed E-state index contributed by atoms with van der Waals surface area (Å²) in [7, 11) is -3.01. The van der Waals surface area contributed by atoms with Crippen molar-refractivity contribution in [1.29, 1.82) is 0 Å². The average Bonchev–Trinajstić information content (AvgIpc) is 2.33. The van der Waals surface area contributed by atoms with Gasteiger partial charge in [0.05, 0.1) is 10.9 Å². The summed E-state index contributed by atoms with van der Waals surface area (Å²) < 4.78 is 37.6. The molecule has 6 heteroatoms. The number of anilines is 1. The van der Waals surface area contributed by atoms with E-state index >= 15 is 0 Å². The normalized spacial score (nSPS) is 24.2. The van der Waals surface area contributed by atoms with Gasteiger partial charge in [0.2, 0.25) is 0 Å². The van der Waals surface area contributed by atoms with E-state index in [4.69, 9.17) is 0 Å². The van der Waals surface area contributed by atoms with Crippen molar-refractivity contribution in [3.8, 4) is 0 Å². The Morgan fingerprint density at radius 1 is 1.37 bits per heavy atom. The molecule has 106 valence electrons. The summed E-state index contributed by atoms with van der Waals surface area (Å²) in [5, 5.41) is 2.81. The zero-order chi connectivity index (χ0) is 14.0. The zero-order valence-electron chi connectivity index (χ0n) is 10.7. The van der Waals surface area contributed by atoms with Crippen LogP contribution in [0.2, 0.25) is 0 Å². The molecule has 1 saturated carbocycles. The molecule has 0 aromatic heterocycles. The first-order valence-corrected chi connectivity index (χ1v) is 9.01. The Labute approximate surface area is 121 Å².